The molecule has 18 heavy (non-hydrogen) atoms. The van der Waals surface area contributed by atoms with Gasteiger partial charge in [-0.1, -0.05) is 18.0 Å². The molecule has 0 saturated heterocycles. The fourth-order valence-electron chi connectivity index (χ4n) is 2.89. The van der Waals surface area contributed by atoms with Crippen LogP contribution < -0.4 is 10.6 Å². The molecule has 96 valence electrons. The fraction of sp³-hybridized carbons (Fsp3) is 0.500. The molecule has 2 unspecified atom stereocenters. The van der Waals surface area contributed by atoms with Crippen LogP contribution in [0.25, 0.3) is 0 Å². The van der Waals surface area contributed by atoms with Gasteiger partial charge in [0.15, 0.2) is 0 Å². The highest BCUT2D eigenvalue weighted by atomic mass is 35.5. The molecule has 1 fully saturated rings. The molecule has 2 atom stereocenters. The zero-order valence-electron chi connectivity index (χ0n) is 10.6. The summed E-state index contributed by atoms with van der Waals surface area (Å²) in [6, 6.07) is 8.13. The third-order valence-corrected chi connectivity index (χ3v) is 4.11. The van der Waals surface area contributed by atoms with Gasteiger partial charge in [-0.3, -0.25) is 0 Å². The van der Waals surface area contributed by atoms with E-state index >= 15 is 0 Å². The zero-order chi connectivity index (χ0) is 13.1. The summed E-state index contributed by atoms with van der Waals surface area (Å²) >= 11 is 5.93. The molecular weight excluding hydrogens is 246 g/mol. The Morgan fingerprint density at radius 2 is 2.28 bits per heavy atom. The van der Waals surface area contributed by atoms with E-state index in [1.165, 1.54) is 12.8 Å². The minimum Gasteiger partial charge on any atom is -0.370 e. The summed E-state index contributed by atoms with van der Waals surface area (Å²) in [6.45, 7) is 0.713. The van der Waals surface area contributed by atoms with Crippen LogP contribution in [0.2, 0.25) is 5.02 Å². The first kappa shape index (κ1) is 13.2. The number of halogens is 1. The molecule has 0 bridgehead atoms. The van der Waals surface area contributed by atoms with Crippen LogP contribution in [0.15, 0.2) is 18.2 Å². The van der Waals surface area contributed by atoms with E-state index in [1.54, 1.807) is 6.07 Å². The van der Waals surface area contributed by atoms with Gasteiger partial charge >= 0.3 is 0 Å². The minimum atomic E-state index is 0.434. The van der Waals surface area contributed by atoms with Crippen LogP contribution in [0, 0.1) is 17.2 Å². The molecule has 0 aromatic heterocycles. The highest BCUT2D eigenvalue weighted by Crippen LogP contribution is 2.33. The average Bonchev–Trinajstić information content (AvgIpc) is 2.86. The molecule has 1 aliphatic rings. The lowest BCUT2D eigenvalue weighted by Crippen LogP contribution is -2.38. The number of benzene rings is 1. The van der Waals surface area contributed by atoms with Crippen LogP contribution in [0.5, 0.6) is 0 Å². The van der Waals surface area contributed by atoms with E-state index in [2.05, 4.69) is 11.0 Å². The van der Waals surface area contributed by atoms with Crippen LogP contribution in [-0.4, -0.2) is 19.6 Å². The number of nitrogens with two attached hydrogens (primary N) is 1. The lowest BCUT2D eigenvalue weighted by molar-refractivity contribution is 0.474. The SMILES string of the molecule is CN(c1ccc(Cl)cc1C#N)C1CCCC1CN. The molecule has 1 aliphatic carbocycles. The maximum atomic E-state index is 9.20. The maximum Gasteiger partial charge on any atom is 0.101 e. The highest BCUT2D eigenvalue weighted by Gasteiger charge is 2.30. The van der Waals surface area contributed by atoms with Gasteiger partial charge in [0.2, 0.25) is 0 Å². The number of rotatable bonds is 3. The third-order valence-electron chi connectivity index (χ3n) is 3.88. The second-order valence-electron chi connectivity index (χ2n) is 4.88. The molecular formula is C14H18ClN3. The average molecular weight is 264 g/mol. The largest absolute Gasteiger partial charge is 0.370 e. The Morgan fingerprint density at radius 1 is 1.50 bits per heavy atom. The van der Waals surface area contributed by atoms with Crippen LogP contribution in [0.3, 0.4) is 0 Å². The third kappa shape index (κ3) is 2.45. The first-order valence-corrected chi connectivity index (χ1v) is 6.67. The molecule has 0 aliphatic heterocycles. The van der Waals surface area contributed by atoms with Crippen molar-refractivity contribution in [3.63, 3.8) is 0 Å². The van der Waals surface area contributed by atoms with Crippen molar-refractivity contribution >= 4 is 17.3 Å². The molecule has 0 heterocycles. The summed E-state index contributed by atoms with van der Waals surface area (Å²) in [5.74, 6) is 0.525. The van der Waals surface area contributed by atoms with Gasteiger partial charge in [-0.2, -0.15) is 5.26 Å². The summed E-state index contributed by atoms with van der Waals surface area (Å²) in [4.78, 5) is 2.19. The van der Waals surface area contributed by atoms with Crippen molar-refractivity contribution in [2.24, 2.45) is 11.7 Å². The molecule has 0 radical (unpaired) electrons. The lowest BCUT2D eigenvalue weighted by Gasteiger charge is -2.31. The van der Waals surface area contributed by atoms with E-state index in [4.69, 9.17) is 17.3 Å². The number of nitriles is 1. The summed E-state index contributed by atoms with van der Waals surface area (Å²) in [6.07, 6.45) is 3.54. The Morgan fingerprint density at radius 3 is 2.94 bits per heavy atom. The molecule has 1 aromatic carbocycles. The number of anilines is 1. The van der Waals surface area contributed by atoms with Crippen LogP contribution in [-0.2, 0) is 0 Å². The van der Waals surface area contributed by atoms with E-state index in [-0.39, 0.29) is 0 Å². The van der Waals surface area contributed by atoms with Crippen LogP contribution in [0.4, 0.5) is 5.69 Å². The molecule has 1 aromatic rings. The van der Waals surface area contributed by atoms with E-state index in [0.717, 1.165) is 12.1 Å². The molecule has 1 saturated carbocycles. The Hall–Kier alpha value is -1.24. The van der Waals surface area contributed by atoms with Gasteiger partial charge in [0.1, 0.15) is 6.07 Å². The van der Waals surface area contributed by atoms with E-state index in [9.17, 15) is 5.26 Å². The number of nitrogens with zero attached hydrogens (tertiary/aromatic N) is 2. The molecule has 3 nitrogen and oxygen atoms in total. The fourth-order valence-corrected chi connectivity index (χ4v) is 3.06. The second-order valence-corrected chi connectivity index (χ2v) is 5.31. The predicted molar refractivity (Wildman–Crippen MR) is 74.8 cm³/mol. The van der Waals surface area contributed by atoms with E-state index in [0.29, 0.717) is 29.1 Å². The van der Waals surface area contributed by atoms with Crippen molar-refractivity contribution in [3.05, 3.63) is 28.8 Å². The predicted octanol–water partition coefficient (Wildman–Crippen LogP) is 2.78. The van der Waals surface area contributed by atoms with Crippen molar-refractivity contribution in [3.8, 4) is 6.07 Å². The normalized spacial score (nSPS) is 22.8. The van der Waals surface area contributed by atoms with Crippen molar-refractivity contribution in [2.45, 2.75) is 25.3 Å². The first-order chi connectivity index (χ1) is 8.67. The van der Waals surface area contributed by atoms with E-state index in [1.807, 2.05) is 19.2 Å². The Bertz CT molecular complexity index is 467. The van der Waals surface area contributed by atoms with Gasteiger partial charge in [-0.15, -0.1) is 0 Å². The monoisotopic (exact) mass is 263 g/mol. The molecule has 0 spiro atoms. The smallest absolute Gasteiger partial charge is 0.101 e. The topological polar surface area (TPSA) is 53.0 Å². The number of hydrogen-bond acceptors (Lipinski definition) is 3. The Labute approximate surface area is 113 Å². The van der Waals surface area contributed by atoms with Crippen molar-refractivity contribution in [2.75, 3.05) is 18.5 Å². The molecule has 2 N–H and O–H groups in total. The quantitative estimate of drug-likeness (QED) is 0.912. The van der Waals surface area contributed by atoms with Crippen molar-refractivity contribution in [1.29, 1.82) is 5.26 Å². The van der Waals surface area contributed by atoms with Gasteiger partial charge in [0, 0.05) is 18.1 Å². The van der Waals surface area contributed by atoms with Crippen molar-refractivity contribution < 1.29 is 0 Å². The summed E-state index contributed by atoms with van der Waals surface area (Å²) in [5.41, 5.74) is 7.41. The highest BCUT2D eigenvalue weighted by molar-refractivity contribution is 6.30. The summed E-state index contributed by atoms with van der Waals surface area (Å²) < 4.78 is 0. The molecule has 4 heteroatoms. The standard InChI is InChI=1S/C14H18ClN3/c1-18(13-4-2-3-10(13)8-16)14-6-5-12(15)7-11(14)9-17/h5-7,10,13H,2-4,8,16H2,1H3. The van der Waals surface area contributed by atoms with Gasteiger partial charge < -0.3 is 10.6 Å². The maximum absolute atomic E-state index is 9.20. The molecule has 0 amide bonds. The summed E-state index contributed by atoms with van der Waals surface area (Å²) in [7, 11) is 2.04. The lowest BCUT2D eigenvalue weighted by atomic mass is 10.0. The van der Waals surface area contributed by atoms with Gasteiger partial charge in [0.05, 0.1) is 11.3 Å². The zero-order valence-corrected chi connectivity index (χ0v) is 11.3. The van der Waals surface area contributed by atoms with Crippen LogP contribution >= 0.6 is 11.6 Å². The summed E-state index contributed by atoms with van der Waals surface area (Å²) in [5, 5.41) is 9.80. The van der Waals surface area contributed by atoms with Gasteiger partial charge in [-0.05, 0) is 43.5 Å². The van der Waals surface area contributed by atoms with Crippen LogP contribution in [0.1, 0.15) is 24.8 Å². The Kier molecular flexibility index (Phi) is 4.11. The first-order valence-electron chi connectivity index (χ1n) is 6.30. The molecule has 2 rings (SSSR count). The van der Waals surface area contributed by atoms with Gasteiger partial charge in [0.25, 0.3) is 0 Å². The number of hydrogen-bond donors (Lipinski definition) is 1. The minimum absolute atomic E-state index is 0.434. The van der Waals surface area contributed by atoms with Gasteiger partial charge in [-0.25, -0.2) is 0 Å². The van der Waals surface area contributed by atoms with Crippen molar-refractivity contribution in [1.82, 2.24) is 0 Å². The second kappa shape index (κ2) is 5.60. The van der Waals surface area contributed by atoms with E-state index < -0.39 is 0 Å². The Balaban J connectivity index is 2.28.